The van der Waals surface area contributed by atoms with Gasteiger partial charge in [-0.3, -0.25) is 9.69 Å². The lowest BCUT2D eigenvalue weighted by Gasteiger charge is -2.21. The Morgan fingerprint density at radius 1 is 1.18 bits per heavy atom. The van der Waals surface area contributed by atoms with Crippen molar-refractivity contribution in [1.29, 1.82) is 0 Å². The normalized spacial score (nSPS) is 10.6. The van der Waals surface area contributed by atoms with Crippen LogP contribution in [-0.4, -0.2) is 38.0 Å². The van der Waals surface area contributed by atoms with Crippen molar-refractivity contribution in [2.45, 2.75) is 19.8 Å². The van der Waals surface area contributed by atoms with E-state index in [0.29, 0.717) is 6.54 Å². The molecule has 0 saturated heterocycles. The number of anilines is 1. The summed E-state index contributed by atoms with van der Waals surface area (Å²) in [4.78, 5) is 15.8. The molecular weight excluding hydrogens is 212 g/mol. The lowest BCUT2D eigenvalue weighted by atomic mass is 10.3. The van der Waals surface area contributed by atoms with Gasteiger partial charge in [-0.25, -0.2) is 0 Å². The number of unbranched alkanes of at least 4 members (excludes halogenated alkanes) is 1. The maximum atomic E-state index is 12.0. The molecule has 0 radical (unpaired) electrons. The maximum Gasteiger partial charge on any atom is 0.240 e. The molecule has 0 saturated carbocycles. The van der Waals surface area contributed by atoms with Gasteiger partial charge in [0.1, 0.15) is 0 Å². The van der Waals surface area contributed by atoms with E-state index < -0.39 is 0 Å². The lowest BCUT2D eigenvalue weighted by molar-refractivity contribution is -0.119. The number of likely N-dealkylation sites (N-methyl/N-ethyl adjacent to an activating group) is 2. The SMILES string of the molecule is CCCCN(C)CC(=O)N(C)c1ccccc1. The third-order valence-corrected chi connectivity index (χ3v) is 2.82. The van der Waals surface area contributed by atoms with Crippen LogP contribution in [0.15, 0.2) is 30.3 Å². The van der Waals surface area contributed by atoms with Crippen LogP contribution in [0.1, 0.15) is 19.8 Å². The molecule has 3 nitrogen and oxygen atoms in total. The van der Waals surface area contributed by atoms with E-state index in [4.69, 9.17) is 0 Å². The van der Waals surface area contributed by atoms with E-state index in [1.807, 2.05) is 44.4 Å². The second-order valence-electron chi connectivity index (χ2n) is 4.38. The average molecular weight is 234 g/mol. The van der Waals surface area contributed by atoms with Gasteiger partial charge < -0.3 is 4.90 Å². The van der Waals surface area contributed by atoms with Crippen LogP contribution in [0.5, 0.6) is 0 Å². The van der Waals surface area contributed by atoms with E-state index in [-0.39, 0.29) is 5.91 Å². The number of carbonyl (C=O) groups excluding carboxylic acids is 1. The maximum absolute atomic E-state index is 12.0. The monoisotopic (exact) mass is 234 g/mol. The van der Waals surface area contributed by atoms with Crippen molar-refractivity contribution in [2.24, 2.45) is 0 Å². The zero-order valence-electron chi connectivity index (χ0n) is 11.0. The Morgan fingerprint density at radius 3 is 2.41 bits per heavy atom. The van der Waals surface area contributed by atoms with Gasteiger partial charge in [0.05, 0.1) is 6.54 Å². The molecule has 0 aliphatic rings. The van der Waals surface area contributed by atoms with Crippen LogP contribution in [0.25, 0.3) is 0 Å². The highest BCUT2D eigenvalue weighted by Gasteiger charge is 2.12. The quantitative estimate of drug-likeness (QED) is 0.754. The van der Waals surface area contributed by atoms with Crippen LogP contribution in [0.3, 0.4) is 0 Å². The number of hydrogen-bond donors (Lipinski definition) is 0. The summed E-state index contributed by atoms with van der Waals surface area (Å²) in [7, 11) is 3.82. The fourth-order valence-corrected chi connectivity index (χ4v) is 1.64. The van der Waals surface area contributed by atoms with Gasteiger partial charge in [0.2, 0.25) is 5.91 Å². The molecule has 94 valence electrons. The van der Waals surface area contributed by atoms with Gasteiger partial charge in [-0.2, -0.15) is 0 Å². The molecule has 0 unspecified atom stereocenters. The van der Waals surface area contributed by atoms with Crippen molar-refractivity contribution in [3.63, 3.8) is 0 Å². The summed E-state index contributed by atoms with van der Waals surface area (Å²) in [6.07, 6.45) is 2.30. The van der Waals surface area contributed by atoms with Crippen molar-refractivity contribution in [3.8, 4) is 0 Å². The summed E-state index contributed by atoms with van der Waals surface area (Å²) in [5.74, 6) is 0.134. The van der Waals surface area contributed by atoms with Gasteiger partial charge in [-0.05, 0) is 32.1 Å². The van der Waals surface area contributed by atoms with Crippen molar-refractivity contribution >= 4 is 11.6 Å². The number of benzene rings is 1. The molecule has 1 aromatic rings. The minimum atomic E-state index is 0.134. The summed E-state index contributed by atoms with van der Waals surface area (Å²) in [6.45, 7) is 3.61. The molecule has 0 heterocycles. The van der Waals surface area contributed by atoms with Crippen molar-refractivity contribution in [3.05, 3.63) is 30.3 Å². The highest BCUT2D eigenvalue weighted by molar-refractivity contribution is 5.94. The molecule has 0 aliphatic heterocycles. The summed E-state index contributed by atoms with van der Waals surface area (Å²) < 4.78 is 0. The largest absolute Gasteiger partial charge is 0.314 e. The number of para-hydroxylation sites is 1. The van der Waals surface area contributed by atoms with E-state index >= 15 is 0 Å². The lowest BCUT2D eigenvalue weighted by Crippen LogP contribution is -2.37. The van der Waals surface area contributed by atoms with Gasteiger partial charge in [0, 0.05) is 12.7 Å². The first-order valence-corrected chi connectivity index (χ1v) is 6.15. The van der Waals surface area contributed by atoms with E-state index in [0.717, 1.165) is 25.1 Å². The molecule has 0 fully saturated rings. The molecule has 1 amide bonds. The van der Waals surface area contributed by atoms with Crippen LogP contribution in [-0.2, 0) is 4.79 Å². The van der Waals surface area contributed by atoms with E-state index in [1.54, 1.807) is 4.90 Å². The molecule has 0 spiro atoms. The number of hydrogen-bond acceptors (Lipinski definition) is 2. The fraction of sp³-hybridized carbons (Fsp3) is 0.500. The first-order chi connectivity index (χ1) is 8.15. The number of amides is 1. The Labute approximate surface area is 104 Å². The summed E-state index contributed by atoms with van der Waals surface area (Å²) in [5, 5.41) is 0. The molecule has 0 bridgehead atoms. The van der Waals surface area contributed by atoms with Crippen molar-refractivity contribution in [1.82, 2.24) is 4.90 Å². The second-order valence-corrected chi connectivity index (χ2v) is 4.38. The molecular formula is C14H22N2O. The average Bonchev–Trinajstić information content (AvgIpc) is 2.36. The first kappa shape index (κ1) is 13.7. The van der Waals surface area contributed by atoms with Crippen molar-refractivity contribution < 1.29 is 4.79 Å². The minimum absolute atomic E-state index is 0.134. The van der Waals surface area contributed by atoms with Gasteiger partial charge in [-0.15, -0.1) is 0 Å². The zero-order valence-corrected chi connectivity index (χ0v) is 11.0. The summed E-state index contributed by atoms with van der Waals surface area (Å²) in [5.41, 5.74) is 0.946. The van der Waals surface area contributed by atoms with Gasteiger partial charge in [0.25, 0.3) is 0 Å². The van der Waals surface area contributed by atoms with Gasteiger partial charge in [0.15, 0.2) is 0 Å². The molecule has 1 rings (SSSR count). The van der Waals surface area contributed by atoms with Crippen LogP contribution in [0.2, 0.25) is 0 Å². The van der Waals surface area contributed by atoms with Crippen LogP contribution in [0.4, 0.5) is 5.69 Å². The van der Waals surface area contributed by atoms with E-state index in [2.05, 4.69) is 11.8 Å². The molecule has 3 heteroatoms. The van der Waals surface area contributed by atoms with Crippen LogP contribution < -0.4 is 4.90 Å². The second kappa shape index (κ2) is 7.07. The molecule has 0 atom stereocenters. The van der Waals surface area contributed by atoms with Crippen LogP contribution >= 0.6 is 0 Å². The smallest absolute Gasteiger partial charge is 0.240 e. The third kappa shape index (κ3) is 4.57. The van der Waals surface area contributed by atoms with Crippen LogP contribution in [0, 0.1) is 0 Å². The number of nitrogens with zero attached hydrogens (tertiary/aromatic N) is 2. The topological polar surface area (TPSA) is 23.6 Å². The Balaban J connectivity index is 2.47. The minimum Gasteiger partial charge on any atom is -0.314 e. The standard InChI is InChI=1S/C14H22N2O/c1-4-5-11-15(2)12-14(17)16(3)13-9-7-6-8-10-13/h6-10H,4-5,11-12H2,1-3H3. The summed E-state index contributed by atoms with van der Waals surface area (Å²) in [6, 6.07) is 9.74. The number of carbonyl (C=O) groups is 1. The van der Waals surface area contributed by atoms with Crippen molar-refractivity contribution in [2.75, 3.05) is 32.1 Å². The molecule has 0 aliphatic carbocycles. The fourth-order valence-electron chi connectivity index (χ4n) is 1.64. The number of rotatable bonds is 6. The first-order valence-electron chi connectivity index (χ1n) is 6.15. The molecule has 17 heavy (non-hydrogen) atoms. The summed E-state index contributed by atoms with van der Waals surface area (Å²) >= 11 is 0. The third-order valence-electron chi connectivity index (χ3n) is 2.82. The highest BCUT2D eigenvalue weighted by atomic mass is 16.2. The molecule has 1 aromatic carbocycles. The Bertz CT molecular complexity index is 337. The van der Waals surface area contributed by atoms with E-state index in [1.165, 1.54) is 0 Å². The molecule has 0 N–H and O–H groups in total. The Kier molecular flexibility index (Phi) is 5.70. The zero-order chi connectivity index (χ0) is 12.7. The highest BCUT2D eigenvalue weighted by Crippen LogP contribution is 2.11. The Morgan fingerprint density at radius 2 is 1.82 bits per heavy atom. The van der Waals surface area contributed by atoms with E-state index in [9.17, 15) is 4.79 Å². The van der Waals surface area contributed by atoms with Gasteiger partial charge >= 0.3 is 0 Å². The Hall–Kier alpha value is -1.35. The molecule has 0 aromatic heterocycles. The predicted molar refractivity (Wildman–Crippen MR) is 72.3 cm³/mol. The predicted octanol–water partition coefficient (Wildman–Crippen LogP) is 2.38. The van der Waals surface area contributed by atoms with Gasteiger partial charge in [-0.1, -0.05) is 31.5 Å².